The van der Waals surface area contributed by atoms with Crippen LogP contribution in [0.5, 0.6) is 0 Å². The maximum Gasteiger partial charge on any atom is 0.418 e. The molecule has 1 atom stereocenters. The van der Waals surface area contributed by atoms with Crippen LogP contribution in [0.1, 0.15) is 22.8 Å². The molecule has 0 saturated carbocycles. The smallest absolute Gasteiger partial charge is 0.293 e. The van der Waals surface area contributed by atoms with Crippen molar-refractivity contribution in [3.63, 3.8) is 0 Å². The summed E-state index contributed by atoms with van der Waals surface area (Å²) in [6, 6.07) is 2.00. The first-order valence-corrected chi connectivity index (χ1v) is 5.17. The minimum atomic E-state index is -4.58. The number of carbonyl (C=O) groups excluding carboxylic acids is 1. The first-order chi connectivity index (χ1) is 7.80. The summed E-state index contributed by atoms with van der Waals surface area (Å²) in [6.45, 7) is 1.57. The van der Waals surface area contributed by atoms with Crippen molar-refractivity contribution in [3.05, 3.63) is 28.3 Å². The van der Waals surface area contributed by atoms with E-state index in [0.29, 0.717) is 0 Å². The molecule has 17 heavy (non-hydrogen) atoms. The van der Waals surface area contributed by atoms with Crippen molar-refractivity contribution >= 4 is 29.3 Å². The van der Waals surface area contributed by atoms with Gasteiger partial charge in [0, 0.05) is 16.8 Å². The summed E-state index contributed by atoms with van der Waals surface area (Å²) in [5, 5.41) is -0.117. The van der Waals surface area contributed by atoms with Crippen molar-refractivity contribution in [3.8, 4) is 0 Å². The third-order valence-electron chi connectivity index (χ3n) is 2.49. The highest BCUT2D eigenvalue weighted by Gasteiger charge is 2.37. The van der Waals surface area contributed by atoms with Gasteiger partial charge in [-0.25, -0.2) is 0 Å². The number of ketones is 1. The number of benzene rings is 1. The third kappa shape index (κ3) is 2.07. The van der Waals surface area contributed by atoms with E-state index < -0.39 is 23.4 Å². The van der Waals surface area contributed by atoms with Gasteiger partial charge < -0.3 is 0 Å². The molecule has 0 aliphatic carbocycles. The second kappa shape index (κ2) is 3.84. The third-order valence-corrected chi connectivity index (χ3v) is 2.70. The molecule has 1 heterocycles. The molecule has 1 aliphatic heterocycles. The highest BCUT2D eigenvalue weighted by molar-refractivity contribution is 6.31. The fraction of sp³-hybridized carbons (Fsp3) is 0.273. The van der Waals surface area contributed by atoms with Crippen LogP contribution in [0.25, 0.3) is 0 Å². The average Bonchev–Trinajstić information content (AvgIpc) is 2.22. The minimum Gasteiger partial charge on any atom is -0.293 e. The lowest BCUT2D eigenvalue weighted by Crippen LogP contribution is -2.18. The average molecular weight is 262 g/mol. The highest BCUT2D eigenvalue weighted by atomic mass is 35.5. The maximum absolute atomic E-state index is 12.7. The molecular formula is C11H7ClF3NO. The second-order valence-electron chi connectivity index (χ2n) is 3.78. The number of nitrogens with zero attached hydrogens (tertiary/aromatic N) is 1. The normalized spacial score (nSPS) is 19.4. The molecule has 0 saturated heterocycles. The summed E-state index contributed by atoms with van der Waals surface area (Å²) in [7, 11) is 0. The zero-order valence-corrected chi connectivity index (χ0v) is 9.43. The van der Waals surface area contributed by atoms with Crippen molar-refractivity contribution in [1.82, 2.24) is 0 Å². The number of hydrogen-bond acceptors (Lipinski definition) is 2. The second-order valence-corrected chi connectivity index (χ2v) is 4.21. The molecule has 0 N–H and O–H groups in total. The predicted octanol–water partition coefficient (Wildman–Crippen LogP) is 3.89. The molecule has 1 aromatic carbocycles. The Kier molecular flexibility index (Phi) is 2.73. The molecule has 0 radical (unpaired) electrons. The molecule has 0 aromatic heterocycles. The van der Waals surface area contributed by atoms with Crippen molar-refractivity contribution < 1.29 is 18.0 Å². The van der Waals surface area contributed by atoms with E-state index in [2.05, 4.69) is 4.99 Å². The molecule has 90 valence electrons. The number of aliphatic imine (C=N–C) groups is 1. The molecule has 0 bridgehead atoms. The summed E-state index contributed by atoms with van der Waals surface area (Å²) in [5.41, 5.74) is -1.39. The Hall–Kier alpha value is -1.36. The quantitative estimate of drug-likeness (QED) is 0.696. The van der Waals surface area contributed by atoms with E-state index in [1.165, 1.54) is 12.3 Å². The maximum atomic E-state index is 12.7. The largest absolute Gasteiger partial charge is 0.418 e. The van der Waals surface area contributed by atoms with Crippen LogP contribution in [0, 0.1) is 5.92 Å². The lowest BCUT2D eigenvalue weighted by Gasteiger charge is -2.18. The van der Waals surface area contributed by atoms with Crippen LogP contribution in [0.3, 0.4) is 0 Å². The van der Waals surface area contributed by atoms with Gasteiger partial charge in [0.05, 0.1) is 17.2 Å². The van der Waals surface area contributed by atoms with Crippen molar-refractivity contribution in [1.29, 1.82) is 0 Å². The van der Waals surface area contributed by atoms with Gasteiger partial charge in [0.1, 0.15) is 0 Å². The van der Waals surface area contributed by atoms with Crippen LogP contribution in [-0.4, -0.2) is 12.0 Å². The molecule has 0 fully saturated rings. The molecule has 6 heteroatoms. The number of alkyl halides is 3. The Bertz CT molecular complexity index is 522. The standard InChI is InChI=1S/C11H7ClF3NO/c1-5-4-16-9-7(10(5)17)2-6(12)3-8(9)11(13,14)15/h2-5H,1H3. The van der Waals surface area contributed by atoms with Gasteiger partial charge in [-0.1, -0.05) is 18.5 Å². The molecule has 2 rings (SSSR count). The molecule has 1 aliphatic rings. The van der Waals surface area contributed by atoms with Crippen molar-refractivity contribution in [2.75, 3.05) is 0 Å². The van der Waals surface area contributed by atoms with Gasteiger partial charge in [-0.2, -0.15) is 13.2 Å². The van der Waals surface area contributed by atoms with Crippen LogP contribution < -0.4 is 0 Å². The first kappa shape index (κ1) is 12.1. The molecule has 0 amide bonds. The SMILES string of the molecule is CC1C=Nc2c(cc(Cl)cc2C(F)(F)F)C1=O. The lowest BCUT2D eigenvalue weighted by atomic mass is 9.93. The lowest BCUT2D eigenvalue weighted by molar-refractivity contribution is -0.137. The number of hydrogen-bond donors (Lipinski definition) is 0. The molecule has 2 nitrogen and oxygen atoms in total. The summed E-state index contributed by atoms with van der Waals surface area (Å²) in [6.07, 6.45) is -3.36. The fourth-order valence-electron chi connectivity index (χ4n) is 1.64. The van der Waals surface area contributed by atoms with Gasteiger partial charge in [-0.3, -0.25) is 9.79 Å². The van der Waals surface area contributed by atoms with Gasteiger partial charge >= 0.3 is 6.18 Å². The number of rotatable bonds is 0. The van der Waals surface area contributed by atoms with Gasteiger partial charge in [0.15, 0.2) is 5.78 Å². The molecular weight excluding hydrogens is 255 g/mol. The van der Waals surface area contributed by atoms with Gasteiger partial charge in [-0.15, -0.1) is 0 Å². The van der Waals surface area contributed by atoms with Crippen LogP contribution in [0.15, 0.2) is 17.1 Å². The zero-order chi connectivity index (χ0) is 12.8. The van der Waals surface area contributed by atoms with Crippen LogP contribution in [-0.2, 0) is 6.18 Å². The van der Waals surface area contributed by atoms with E-state index in [9.17, 15) is 18.0 Å². The number of fused-ring (bicyclic) bond motifs is 1. The molecule has 1 unspecified atom stereocenters. The van der Waals surface area contributed by atoms with E-state index in [-0.39, 0.29) is 16.3 Å². The summed E-state index contributed by atoms with van der Waals surface area (Å²) >= 11 is 5.60. The van der Waals surface area contributed by atoms with Crippen molar-refractivity contribution in [2.45, 2.75) is 13.1 Å². The first-order valence-electron chi connectivity index (χ1n) is 4.80. The Morgan fingerprint density at radius 3 is 2.59 bits per heavy atom. The van der Waals surface area contributed by atoms with E-state index in [1.54, 1.807) is 6.92 Å². The highest BCUT2D eigenvalue weighted by Crippen LogP contribution is 2.42. The monoisotopic (exact) mass is 261 g/mol. The topological polar surface area (TPSA) is 29.4 Å². The summed E-state index contributed by atoms with van der Waals surface area (Å²) < 4.78 is 38.2. The van der Waals surface area contributed by atoms with Crippen molar-refractivity contribution in [2.24, 2.45) is 10.9 Å². The van der Waals surface area contributed by atoms with Gasteiger partial charge in [-0.05, 0) is 12.1 Å². The Morgan fingerprint density at radius 2 is 2.00 bits per heavy atom. The van der Waals surface area contributed by atoms with E-state index >= 15 is 0 Å². The van der Waals surface area contributed by atoms with E-state index in [0.717, 1.165) is 6.07 Å². The predicted molar refractivity (Wildman–Crippen MR) is 58.1 cm³/mol. The van der Waals surface area contributed by atoms with Crippen LogP contribution in [0.4, 0.5) is 18.9 Å². The van der Waals surface area contributed by atoms with Crippen LogP contribution in [0.2, 0.25) is 5.02 Å². The Labute approximate surface area is 100 Å². The minimum absolute atomic E-state index is 0.0696. The van der Waals surface area contributed by atoms with Gasteiger partial charge in [0.2, 0.25) is 0 Å². The van der Waals surface area contributed by atoms with Crippen LogP contribution >= 0.6 is 11.6 Å². The molecule has 1 aromatic rings. The van der Waals surface area contributed by atoms with E-state index in [4.69, 9.17) is 11.6 Å². The number of Topliss-reactive ketones (excluding diaryl/α,β-unsaturated/α-hetero) is 1. The Balaban J connectivity index is 2.72. The summed E-state index contributed by atoms with van der Waals surface area (Å²) in [5.74, 6) is -0.926. The van der Waals surface area contributed by atoms with E-state index in [1.807, 2.05) is 0 Å². The molecule has 0 spiro atoms. The Morgan fingerprint density at radius 1 is 1.35 bits per heavy atom. The zero-order valence-electron chi connectivity index (χ0n) is 8.68. The number of halogens is 4. The fourth-order valence-corrected chi connectivity index (χ4v) is 1.86. The van der Waals surface area contributed by atoms with Gasteiger partial charge in [0.25, 0.3) is 0 Å². The summed E-state index contributed by atoms with van der Waals surface area (Å²) in [4.78, 5) is 15.4. The number of carbonyl (C=O) groups is 1.